The van der Waals surface area contributed by atoms with Crippen molar-refractivity contribution in [1.29, 1.82) is 0 Å². The van der Waals surface area contributed by atoms with Gasteiger partial charge >= 0.3 is 5.97 Å². The van der Waals surface area contributed by atoms with Crippen LogP contribution in [0.3, 0.4) is 0 Å². The number of ether oxygens (including phenoxy) is 1. The second-order valence-corrected chi connectivity index (χ2v) is 6.24. The molecule has 5 nitrogen and oxygen atoms in total. The van der Waals surface area contributed by atoms with E-state index in [1.54, 1.807) is 12.1 Å². The van der Waals surface area contributed by atoms with Crippen molar-refractivity contribution in [3.8, 4) is 0 Å². The number of carbonyl (C=O) groups is 2. The Kier molecular flexibility index (Phi) is 3.96. The molecule has 1 aromatic heterocycles. The minimum atomic E-state index is -1.02. The molecular formula is C16H15NO4S. The van der Waals surface area contributed by atoms with Crippen LogP contribution < -0.4 is 5.32 Å². The number of thiophene rings is 1. The average molecular weight is 317 g/mol. The van der Waals surface area contributed by atoms with Gasteiger partial charge in [0, 0.05) is 10.4 Å². The molecule has 2 heterocycles. The summed E-state index contributed by atoms with van der Waals surface area (Å²) in [5, 5.41) is 12.6. The Morgan fingerprint density at radius 3 is 2.68 bits per heavy atom. The van der Waals surface area contributed by atoms with Crippen LogP contribution in [0.1, 0.15) is 36.7 Å². The Morgan fingerprint density at radius 2 is 2.00 bits per heavy atom. The number of nitrogens with one attached hydrogen (secondary N) is 1. The molecule has 1 aliphatic rings. The van der Waals surface area contributed by atoms with E-state index in [0.29, 0.717) is 30.2 Å². The number of carbonyl (C=O) groups excluding carboxylic acids is 1. The van der Waals surface area contributed by atoms with E-state index in [1.807, 2.05) is 19.1 Å². The summed E-state index contributed by atoms with van der Waals surface area (Å²) in [4.78, 5) is 24.7. The van der Waals surface area contributed by atoms with Crippen molar-refractivity contribution in [1.82, 2.24) is 0 Å². The van der Waals surface area contributed by atoms with E-state index in [9.17, 15) is 14.7 Å². The number of aryl methyl sites for hydroxylation is 1. The second-order valence-electron chi connectivity index (χ2n) is 5.14. The quantitative estimate of drug-likeness (QED) is 0.912. The fourth-order valence-corrected chi connectivity index (χ4v) is 3.60. The number of rotatable bonds is 3. The van der Waals surface area contributed by atoms with Gasteiger partial charge in [-0.2, -0.15) is 0 Å². The fourth-order valence-electron chi connectivity index (χ4n) is 2.43. The number of aromatic carboxylic acids is 1. The number of amides is 1. The van der Waals surface area contributed by atoms with E-state index in [-0.39, 0.29) is 11.5 Å². The first kappa shape index (κ1) is 14.7. The van der Waals surface area contributed by atoms with Crippen LogP contribution in [0.15, 0.2) is 24.3 Å². The summed E-state index contributed by atoms with van der Waals surface area (Å²) in [6, 6.07) is 7.14. The van der Waals surface area contributed by atoms with E-state index < -0.39 is 5.97 Å². The molecule has 0 spiro atoms. The van der Waals surface area contributed by atoms with Gasteiger partial charge in [0.2, 0.25) is 0 Å². The summed E-state index contributed by atoms with van der Waals surface area (Å²) >= 11 is 1.28. The molecule has 0 radical (unpaired) electrons. The van der Waals surface area contributed by atoms with Crippen LogP contribution in [0.5, 0.6) is 0 Å². The van der Waals surface area contributed by atoms with Crippen LogP contribution in [0.25, 0.3) is 0 Å². The number of benzene rings is 1. The first-order valence-corrected chi connectivity index (χ1v) is 7.71. The number of carboxylic acids is 1. The Hall–Kier alpha value is -2.18. The van der Waals surface area contributed by atoms with Crippen LogP contribution >= 0.6 is 11.3 Å². The Bertz CT molecular complexity index is 733. The summed E-state index contributed by atoms with van der Waals surface area (Å²) in [6.07, 6.45) is 0.563. The van der Waals surface area contributed by atoms with E-state index in [2.05, 4.69) is 5.32 Å². The van der Waals surface area contributed by atoms with Gasteiger partial charge in [-0.1, -0.05) is 17.7 Å². The van der Waals surface area contributed by atoms with Crippen molar-refractivity contribution >= 4 is 28.2 Å². The topological polar surface area (TPSA) is 75.6 Å². The van der Waals surface area contributed by atoms with E-state index in [0.717, 1.165) is 16.0 Å². The van der Waals surface area contributed by atoms with E-state index >= 15 is 0 Å². The molecule has 2 aromatic rings. The lowest BCUT2D eigenvalue weighted by Crippen LogP contribution is -2.15. The monoisotopic (exact) mass is 317 g/mol. The molecule has 6 heteroatoms. The van der Waals surface area contributed by atoms with Crippen LogP contribution in [0.2, 0.25) is 0 Å². The molecule has 114 valence electrons. The maximum atomic E-state index is 12.3. The molecule has 0 saturated heterocycles. The van der Waals surface area contributed by atoms with Gasteiger partial charge in [-0.25, -0.2) is 4.79 Å². The first-order valence-electron chi connectivity index (χ1n) is 6.90. The molecule has 0 atom stereocenters. The van der Waals surface area contributed by atoms with Crippen LogP contribution in [-0.4, -0.2) is 23.6 Å². The van der Waals surface area contributed by atoms with Crippen molar-refractivity contribution in [2.24, 2.45) is 0 Å². The summed E-state index contributed by atoms with van der Waals surface area (Å²) in [7, 11) is 0. The Balaban J connectivity index is 1.91. The molecule has 3 rings (SSSR count). The van der Waals surface area contributed by atoms with Gasteiger partial charge in [-0.05, 0) is 31.0 Å². The van der Waals surface area contributed by atoms with Gasteiger partial charge in [0.05, 0.1) is 18.8 Å². The third kappa shape index (κ3) is 2.75. The molecular weight excluding hydrogens is 302 g/mol. The summed E-state index contributed by atoms with van der Waals surface area (Å²) in [5.41, 5.74) is 2.54. The Morgan fingerprint density at radius 1 is 1.27 bits per heavy atom. The molecule has 1 aliphatic heterocycles. The Labute approximate surface area is 131 Å². The number of hydrogen-bond acceptors (Lipinski definition) is 4. The summed E-state index contributed by atoms with van der Waals surface area (Å²) in [6.45, 7) is 2.85. The van der Waals surface area contributed by atoms with E-state index in [1.165, 1.54) is 11.3 Å². The van der Waals surface area contributed by atoms with Crippen molar-refractivity contribution in [2.75, 3.05) is 11.9 Å². The van der Waals surface area contributed by atoms with Crippen molar-refractivity contribution < 1.29 is 19.4 Å². The number of anilines is 1. The van der Waals surface area contributed by atoms with Crippen molar-refractivity contribution in [3.63, 3.8) is 0 Å². The third-order valence-corrected chi connectivity index (χ3v) is 4.70. The van der Waals surface area contributed by atoms with Crippen LogP contribution in [0.4, 0.5) is 5.00 Å². The minimum absolute atomic E-state index is 0.198. The lowest BCUT2D eigenvalue weighted by Gasteiger charge is -2.12. The second kappa shape index (κ2) is 5.90. The van der Waals surface area contributed by atoms with Gasteiger partial charge in [-0.15, -0.1) is 11.3 Å². The summed E-state index contributed by atoms with van der Waals surface area (Å²) in [5.74, 6) is -1.32. The standard InChI is InChI=1S/C16H15NO4S/c1-9-2-4-10(5-3-9)14(18)17-15-13(16(19)20)11-6-7-21-8-12(11)22-15/h2-5H,6-8H2,1H3,(H,17,18)(H,19,20). The fraction of sp³-hybridized carbons (Fsp3) is 0.250. The number of hydrogen-bond donors (Lipinski definition) is 2. The van der Waals surface area contributed by atoms with Crippen LogP contribution in [-0.2, 0) is 17.8 Å². The largest absolute Gasteiger partial charge is 0.478 e. The van der Waals surface area contributed by atoms with Crippen molar-refractivity contribution in [2.45, 2.75) is 20.0 Å². The van der Waals surface area contributed by atoms with Crippen molar-refractivity contribution in [3.05, 3.63) is 51.4 Å². The van der Waals surface area contributed by atoms with Gasteiger partial charge in [0.1, 0.15) is 5.00 Å². The average Bonchev–Trinajstić information content (AvgIpc) is 2.85. The maximum Gasteiger partial charge on any atom is 0.339 e. The van der Waals surface area contributed by atoms with E-state index in [4.69, 9.17) is 4.74 Å². The highest BCUT2D eigenvalue weighted by molar-refractivity contribution is 7.17. The maximum absolute atomic E-state index is 12.3. The normalized spacial score (nSPS) is 13.5. The minimum Gasteiger partial charge on any atom is -0.478 e. The highest BCUT2D eigenvalue weighted by atomic mass is 32.1. The molecule has 0 aliphatic carbocycles. The highest BCUT2D eigenvalue weighted by Crippen LogP contribution is 2.36. The lowest BCUT2D eigenvalue weighted by molar-refractivity contribution is 0.0693. The molecule has 1 amide bonds. The predicted molar refractivity (Wildman–Crippen MR) is 83.8 cm³/mol. The molecule has 0 unspecified atom stereocenters. The SMILES string of the molecule is Cc1ccc(C(=O)Nc2sc3c(c2C(=O)O)CCOC3)cc1. The molecule has 0 fully saturated rings. The summed E-state index contributed by atoms with van der Waals surface area (Å²) < 4.78 is 5.35. The van der Waals surface area contributed by atoms with Gasteiger partial charge < -0.3 is 15.2 Å². The first-order chi connectivity index (χ1) is 10.6. The number of carboxylic acid groups (broad SMARTS) is 1. The molecule has 22 heavy (non-hydrogen) atoms. The molecule has 1 aromatic carbocycles. The van der Waals surface area contributed by atoms with Gasteiger partial charge in [-0.3, -0.25) is 4.79 Å². The third-order valence-electron chi connectivity index (χ3n) is 3.57. The van der Waals surface area contributed by atoms with Gasteiger partial charge in [0.15, 0.2) is 0 Å². The zero-order valence-electron chi connectivity index (χ0n) is 12.0. The lowest BCUT2D eigenvalue weighted by atomic mass is 10.1. The highest BCUT2D eigenvalue weighted by Gasteiger charge is 2.26. The molecule has 0 bridgehead atoms. The van der Waals surface area contributed by atoms with Gasteiger partial charge in [0.25, 0.3) is 5.91 Å². The number of fused-ring (bicyclic) bond motifs is 1. The zero-order chi connectivity index (χ0) is 15.7. The predicted octanol–water partition coefficient (Wildman–Crippen LogP) is 3.08. The van der Waals surface area contributed by atoms with Crippen LogP contribution in [0, 0.1) is 6.92 Å². The molecule has 0 saturated carbocycles. The zero-order valence-corrected chi connectivity index (χ0v) is 12.8. The molecule has 2 N–H and O–H groups in total. The smallest absolute Gasteiger partial charge is 0.339 e.